The van der Waals surface area contributed by atoms with E-state index in [0.29, 0.717) is 0 Å². The molecule has 2 aromatic carbocycles. The molecule has 0 bridgehead atoms. The zero-order chi connectivity index (χ0) is 12.8. The summed E-state index contributed by atoms with van der Waals surface area (Å²) in [6, 6.07) is 16.7. The molecular weight excluding hydrogens is 232 g/mol. The lowest BCUT2D eigenvalue weighted by molar-refractivity contribution is 1.40. The van der Waals surface area contributed by atoms with Crippen molar-refractivity contribution in [2.75, 3.05) is 0 Å². The minimum atomic E-state index is 0.975. The van der Waals surface area contributed by atoms with Gasteiger partial charge in [0.15, 0.2) is 0 Å². The van der Waals surface area contributed by atoms with Crippen LogP contribution in [0.2, 0.25) is 0 Å². The van der Waals surface area contributed by atoms with Crippen molar-refractivity contribution in [3.63, 3.8) is 0 Å². The highest BCUT2D eigenvalue weighted by Crippen LogP contribution is 2.26. The molecule has 0 saturated carbocycles. The first-order valence-electron chi connectivity index (χ1n) is 6.37. The Morgan fingerprint density at radius 3 is 2.68 bits per heavy atom. The van der Waals surface area contributed by atoms with Gasteiger partial charge in [0, 0.05) is 22.4 Å². The summed E-state index contributed by atoms with van der Waals surface area (Å²) < 4.78 is 0. The van der Waals surface area contributed by atoms with Crippen LogP contribution >= 0.6 is 0 Å². The van der Waals surface area contributed by atoms with Gasteiger partial charge in [-0.1, -0.05) is 30.3 Å². The quantitative estimate of drug-likeness (QED) is 0.341. The molecule has 2 heteroatoms. The lowest BCUT2D eigenvalue weighted by Crippen LogP contribution is -1.88. The molecule has 4 aromatic rings. The van der Waals surface area contributed by atoms with E-state index in [1.807, 2.05) is 12.3 Å². The minimum absolute atomic E-state index is 0.975. The fourth-order valence-electron chi connectivity index (χ4n) is 2.61. The van der Waals surface area contributed by atoms with Crippen LogP contribution in [0.5, 0.6) is 0 Å². The first-order chi connectivity index (χ1) is 9.33. The predicted molar refractivity (Wildman–Crippen MR) is 79.3 cm³/mol. The van der Waals surface area contributed by atoms with Crippen molar-refractivity contribution >= 4 is 32.7 Å². The van der Waals surface area contributed by atoms with Crippen LogP contribution in [-0.2, 0) is 0 Å². The fourth-order valence-corrected chi connectivity index (χ4v) is 2.61. The SMILES string of the molecule is Cc1cccc2nc3c(ccc4cccnc43)cc12. The Labute approximate surface area is 110 Å². The summed E-state index contributed by atoms with van der Waals surface area (Å²) in [5, 5.41) is 3.49. The van der Waals surface area contributed by atoms with Gasteiger partial charge in [-0.25, -0.2) is 4.98 Å². The highest BCUT2D eigenvalue weighted by molar-refractivity contribution is 6.06. The molecule has 0 amide bonds. The molecule has 0 saturated heterocycles. The summed E-state index contributed by atoms with van der Waals surface area (Å²) in [6.07, 6.45) is 1.82. The van der Waals surface area contributed by atoms with Crippen molar-refractivity contribution in [2.45, 2.75) is 6.92 Å². The Bertz CT molecular complexity index is 926. The minimum Gasteiger partial charge on any atom is -0.254 e. The Morgan fingerprint density at radius 1 is 0.842 bits per heavy atom. The van der Waals surface area contributed by atoms with Crippen molar-refractivity contribution in [1.29, 1.82) is 0 Å². The molecule has 19 heavy (non-hydrogen) atoms. The monoisotopic (exact) mass is 244 g/mol. The molecule has 0 N–H and O–H groups in total. The van der Waals surface area contributed by atoms with E-state index in [2.05, 4.69) is 54.4 Å². The van der Waals surface area contributed by atoms with Crippen LogP contribution in [0.4, 0.5) is 0 Å². The van der Waals surface area contributed by atoms with Crippen molar-refractivity contribution in [1.82, 2.24) is 9.97 Å². The number of pyridine rings is 2. The fraction of sp³-hybridized carbons (Fsp3) is 0.0588. The van der Waals surface area contributed by atoms with Gasteiger partial charge >= 0.3 is 0 Å². The molecule has 4 rings (SSSR count). The normalized spacial score (nSPS) is 11.4. The number of aromatic nitrogens is 2. The van der Waals surface area contributed by atoms with E-state index in [-0.39, 0.29) is 0 Å². The number of fused-ring (bicyclic) bond motifs is 4. The van der Waals surface area contributed by atoms with Crippen LogP contribution in [0.15, 0.2) is 54.7 Å². The highest BCUT2D eigenvalue weighted by Gasteiger charge is 2.05. The van der Waals surface area contributed by atoms with Crippen molar-refractivity contribution in [2.24, 2.45) is 0 Å². The van der Waals surface area contributed by atoms with E-state index < -0.39 is 0 Å². The second kappa shape index (κ2) is 3.75. The number of aryl methyl sites for hydroxylation is 1. The average molecular weight is 244 g/mol. The maximum atomic E-state index is 4.80. The summed E-state index contributed by atoms with van der Waals surface area (Å²) >= 11 is 0. The highest BCUT2D eigenvalue weighted by atomic mass is 14.7. The third kappa shape index (κ3) is 1.50. The van der Waals surface area contributed by atoms with Gasteiger partial charge in [0.25, 0.3) is 0 Å². The van der Waals surface area contributed by atoms with E-state index in [9.17, 15) is 0 Å². The van der Waals surface area contributed by atoms with E-state index >= 15 is 0 Å². The summed E-state index contributed by atoms with van der Waals surface area (Å²) in [5.74, 6) is 0. The van der Waals surface area contributed by atoms with Gasteiger partial charge < -0.3 is 0 Å². The van der Waals surface area contributed by atoms with Crippen molar-refractivity contribution in [3.05, 3.63) is 60.3 Å². The first kappa shape index (κ1) is 10.4. The van der Waals surface area contributed by atoms with Crippen LogP contribution in [-0.4, -0.2) is 9.97 Å². The van der Waals surface area contributed by atoms with Crippen LogP contribution in [0.1, 0.15) is 5.56 Å². The molecule has 2 aromatic heterocycles. The summed E-state index contributed by atoms with van der Waals surface area (Å²) in [7, 11) is 0. The largest absolute Gasteiger partial charge is 0.254 e. The topological polar surface area (TPSA) is 25.8 Å². The Balaban J connectivity index is 2.26. The van der Waals surface area contributed by atoms with Crippen molar-refractivity contribution in [3.8, 4) is 0 Å². The third-order valence-electron chi connectivity index (χ3n) is 3.61. The molecule has 0 aliphatic heterocycles. The Kier molecular flexibility index (Phi) is 2.06. The van der Waals surface area contributed by atoms with E-state index in [1.165, 1.54) is 10.9 Å². The molecule has 2 nitrogen and oxygen atoms in total. The third-order valence-corrected chi connectivity index (χ3v) is 3.61. The van der Waals surface area contributed by atoms with E-state index in [1.54, 1.807) is 0 Å². The number of hydrogen-bond donors (Lipinski definition) is 0. The van der Waals surface area contributed by atoms with Crippen molar-refractivity contribution < 1.29 is 0 Å². The summed E-state index contributed by atoms with van der Waals surface area (Å²) in [4.78, 5) is 9.28. The maximum absolute atomic E-state index is 4.80. The number of benzene rings is 2. The first-order valence-corrected chi connectivity index (χ1v) is 6.37. The van der Waals surface area contributed by atoms with Gasteiger partial charge in [0.2, 0.25) is 0 Å². The van der Waals surface area contributed by atoms with Gasteiger partial charge in [-0.05, 0) is 30.7 Å². The molecule has 0 spiro atoms. The summed E-state index contributed by atoms with van der Waals surface area (Å²) in [5.41, 5.74) is 4.25. The zero-order valence-electron chi connectivity index (χ0n) is 10.6. The number of rotatable bonds is 0. The lowest BCUT2D eigenvalue weighted by Gasteiger charge is -2.06. The zero-order valence-corrected chi connectivity index (χ0v) is 10.6. The summed E-state index contributed by atoms with van der Waals surface area (Å²) in [6.45, 7) is 2.12. The van der Waals surface area contributed by atoms with Crippen LogP contribution in [0, 0.1) is 6.92 Å². The van der Waals surface area contributed by atoms with Crippen LogP contribution in [0.25, 0.3) is 32.7 Å². The maximum Gasteiger partial charge on any atom is 0.0972 e. The lowest BCUT2D eigenvalue weighted by atomic mass is 10.1. The van der Waals surface area contributed by atoms with E-state index in [4.69, 9.17) is 4.98 Å². The van der Waals surface area contributed by atoms with E-state index in [0.717, 1.165) is 27.3 Å². The molecule has 0 fully saturated rings. The molecule has 0 aliphatic carbocycles. The second-order valence-electron chi connectivity index (χ2n) is 4.84. The van der Waals surface area contributed by atoms with Gasteiger partial charge in [-0.15, -0.1) is 0 Å². The number of hydrogen-bond acceptors (Lipinski definition) is 2. The number of nitrogens with zero attached hydrogens (tertiary/aromatic N) is 2. The van der Waals surface area contributed by atoms with Gasteiger partial charge in [-0.2, -0.15) is 0 Å². The smallest absolute Gasteiger partial charge is 0.0972 e. The molecule has 0 atom stereocenters. The molecule has 2 heterocycles. The van der Waals surface area contributed by atoms with Gasteiger partial charge in [-0.3, -0.25) is 4.98 Å². The molecule has 90 valence electrons. The Hall–Kier alpha value is -2.48. The molecule has 0 aliphatic rings. The predicted octanol–water partition coefficient (Wildman–Crippen LogP) is 4.24. The molecule has 0 unspecified atom stereocenters. The average Bonchev–Trinajstić information content (AvgIpc) is 2.46. The second-order valence-corrected chi connectivity index (χ2v) is 4.84. The molecule has 0 radical (unpaired) electrons. The van der Waals surface area contributed by atoms with Gasteiger partial charge in [0.05, 0.1) is 16.6 Å². The standard InChI is InChI=1S/C17H12N2/c1-11-4-2-6-15-14(11)10-13-8-7-12-5-3-9-18-16(12)17(13)19-15/h2-10H,1H3. The van der Waals surface area contributed by atoms with Crippen LogP contribution < -0.4 is 0 Å². The molecular formula is C17H12N2. The van der Waals surface area contributed by atoms with Crippen LogP contribution in [0.3, 0.4) is 0 Å². The Morgan fingerprint density at radius 2 is 1.74 bits per heavy atom. The van der Waals surface area contributed by atoms with Gasteiger partial charge in [0.1, 0.15) is 0 Å².